The zero-order valence-corrected chi connectivity index (χ0v) is 15.4. The fourth-order valence-electron chi connectivity index (χ4n) is 3.18. The molecule has 5 rings (SSSR count). The van der Waals surface area contributed by atoms with Gasteiger partial charge in [0.15, 0.2) is 5.82 Å². The molecule has 28 heavy (non-hydrogen) atoms. The summed E-state index contributed by atoms with van der Waals surface area (Å²) in [5.41, 5.74) is 2.44. The first-order valence-corrected chi connectivity index (χ1v) is 9.12. The van der Waals surface area contributed by atoms with Crippen LogP contribution in [0, 0.1) is 0 Å². The SMILES string of the molecule is O=c1c2cnc3nc(-c4ccccc4)nn3c2ccn1Cc1ccc(Cl)cc1. The van der Waals surface area contributed by atoms with Gasteiger partial charge >= 0.3 is 0 Å². The zero-order chi connectivity index (χ0) is 19.1. The lowest BCUT2D eigenvalue weighted by atomic mass is 10.2. The van der Waals surface area contributed by atoms with Crippen molar-refractivity contribution in [3.63, 3.8) is 0 Å². The Morgan fingerprint density at radius 2 is 1.75 bits per heavy atom. The van der Waals surface area contributed by atoms with Crippen molar-refractivity contribution in [2.24, 2.45) is 0 Å². The molecule has 0 aliphatic heterocycles. The van der Waals surface area contributed by atoms with Crippen molar-refractivity contribution < 1.29 is 0 Å². The maximum atomic E-state index is 13.0. The molecule has 6 nitrogen and oxygen atoms in total. The lowest BCUT2D eigenvalue weighted by molar-refractivity contribution is 0.765. The number of hydrogen-bond acceptors (Lipinski definition) is 4. The van der Waals surface area contributed by atoms with Crippen molar-refractivity contribution in [2.75, 3.05) is 0 Å². The minimum atomic E-state index is -0.126. The molecule has 2 aromatic carbocycles. The summed E-state index contributed by atoms with van der Waals surface area (Å²) in [4.78, 5) is 21.8. The van der Waals surface area contributed by atoms with E-state index in [1.54, 1.807) is 21.5 Å². The van der Waals surface area contributed by atoms with Crippen molar-refractivity contribution in [3.05, 3.63) is 94.0 Å². The molecule has 5 aromatic rings. The summed E-state index contributed by atoms with van der Waals surface area (Å²) in [7, 11) is 0. The van der Waals surface area contributed by atoms with Gasteiger partial charge in [0.2, 0.25) is 0 Å². The molecule has 0 aliphatic rings. The van der Waals surface area contributed by atoms with Gasteiger partial charge in [0.25, 0.3) is 11.3 Å². The Balaban J connectivity index is 1.62. The Kier molecular flexibility index (Phi) is 3.91. The normalized spacial score (nSPS) is 11.3. The van der Waals surface area contributed by atoms with Gasteiger partial charge in [0.1, 0.15) is 0 Å². The van der Waals surface area contributed by atoms with Crippen molar-refractivity contribution in [1.82, 2.24) is 24.1 Å². The summed E-state index contributed by atoms with van der Waals surface area (Å²) in [5, 5.41) is 5.72. The molecule has 0 saturated carbocycles. The second kappa shape index (κ2) is 6.58. The smallest absolute Gasteiger partial charge is 0.261 e. The summed E-state index contributed by atoms with van der Waals surface area (Å²) in [6, 6.07) is 19.0. The first-order chi connectivity index (χ1) is 13.7. The molecule has 0 radical (unpaired) electrons. The first-order valence-electron chi connectivity index (χ1n) is 8.74. The van der Waals surface area contributed by atoms with Gasteiger partial charge in [-0.1, -0.05) is 54.1 Å². The van der Waals surface area contributed by atoms with E-state index < -0.39 is 0 Å². The molecule has 0 unspecified atom stereocenters. The fraction of sp³-hybridized carbons (Fsp3) is 0.0476. The van der Waals surface area contributed by atoms with E-state index in [1.165, 1.54) is 0 Å². The number of fused-ring (bicyclic) bond motifs is 3. The Bertz CT molecular complexity index is 1360. The number of rotatable bonds is 3. The molecule has 0 aliphatic carbocycles. The average Bonchev–Trinajstić information content (AvgIpc) is 3.17. The minimum absolute atomic E-state index is 0.126. The highest BCUT2D eigenvalue weighted by molar-refractivity contribution is 6.30. The van der Waals surface area contributed by atoms with Crippen LogP contribution >= 0.6 is 11.6 Å². The highest BCUT2D eigenvalue weighted by Crippen LogP contribution is 2.18. The molecule has 136 valence electrons. The van der Waals surface area contributed by atoms with Crippen molar-refractivity contribution >= 4 is 28.3 Å². The topological polar surface area (TPSA) is 65.1 Å². The van der Waals surface area contributed by atoms with E-state index in [9.17, 15) is 4.79 Å². The van der Waals surface area contributed by atoms with Crippen molar-refractivity contribution in [3.8, 4) is 11.4 Å². The summed E-state index contributed by atoms with van der Waals surface area (Å²) in [5.74, 6) is 1.03. The Labute approximate surface area is 164 Å². The Hall–Kier alpha value is -3.51. The predicted molar refractivity (Wildman–Crippen MR) is 109 cm³/mol. The van der Waals surface area contributed by atoms with Gasteiger partial charge in [-0.25, -0.2) is 4.98 Å². The van der Waals surface area contributed by atoms with Crippen LogP contribution in [-0.2, 0) is 6.54 Å². The van der Waals surface area contributed by atoms with Crippen LogP contribution in [0.15, 0.2) is 77.9 Å². The molecule has 0 fully saturated rings. The van der Waals surface area contributed by atoms with Crippen LogP contribution in [0.3, 0.4) is 0 Å². The van der Waals surface area contributed by atoms with E-state index in [0.29, 0.717) is 34.1 Å². The van der Waals surface area contributed by atoms with Crippen LogP contribution in [0.25, 0.3) is 28.1 Å². The third-order valence-corrected chi connectivity index (χ3v) is 4.86. The lowest BCUT2D eigenvalue weighted by Crippen LogP contribution is -2.21. The van der Waals surface area contributed by atoms with E-state index in [4.69, 9.17) is 11.6 Å². The van der Waals surface area contributed by atoms with Gasteiger partial charge in [-0.2, -0.15) is 9.50 Å². The molecule has 0 bridgehead atoms. The number of hydrogen-bond donors (Lipinski definition) is 0. The third-order valence-electron chi connectivity index (χ3n) is 4.61. The largest absolute Gasteiger partial charge is 0.310 e. The molecule has 3 heterocycles. The molecule has 7 heteroatoms. The van der Waals surface area contributed by atoms with Crippen molar-refractivity contribution in [2.45, 2.75) is 6.54 Å². The van der Waals surface area contributed by atoms with Gasteiger partial charge in [0.05, 0.1) is 17.4 Å². The quantitative estimate of drug-likeness (QED) is 0.472. The van der Waals surface area contributed by atoms with Crippen LogP contribution in [-0.4, -0.2) is 24.1 Å². The van der Waals surface area contributed by atoms with Gasteiger partial charge in [-0.05, 0) is 23.8 Å². The highest BCUT2D eigenvalue weighted by Gasteiger charge is 2.12. The maximum Gasteiger partial charge on any atom is 0.261 e. The summed E-state index contributed by atoms with van der Waals surface area (Å²) in [6.07, 6.45) is 3.33. The van der Waals surface area contributed by atoms with Gasteiger partial charge in [-0.3, -0.25) is 4.79 Å². The summed E-state index contributed by atoms with van der Waals surface area (Å²) < 4.78 is 3.26. The van der Waals surface area contributed by atoms with E-state index in [2.05, 4.69) is 15.1 Å². The van der Waals surface area contributed by atoms with E-state index in [1.807, 2.05) is 60.7 Å². The zero-order valence-electron chi connectivity index (χ0n) is 14.7. The van der Waals surface area contributed by atoms with Crippen LogP contribution < -0.4 is 5.56 Å². The monoisotopic (exact) mass is 387 g/mol. The van der Waals surface area contributed by atoms with Crippen LogP contribution in [0.5, 0.6) is 0 Å². The molecule has 0 saturated heterocycles. The fourth-order valence-corrected chi connectivity index (χ4v) is 3.31. The maximum absolute atomic E-state index is 13.0. The van der Waals surface area contributed by atoms with Crippen molar-refractivity contribution in [1.29, 1.82) is 0 Å². The van der Waals surface area contributed by atoms with E-state index in [0.717, 1.165) is 11.1 Å². The van der Waals surface area contributed by atoms with Gasteiger partial charge < -0.3 is 4.57 Å². The second-order valence-corrected chi connectivity index (χ2v) is 6.88. The molecule has 0 N–H and O–H groups in total. The molecular formula is C21H14ClN5O. The standard InChI is InChI=1S/C21H14ClN5O/c22-16-8-6-14(7-9-16)13-26-11-10-18-17(20(26)28)12-23-21-24-19(25-27(18)21)15-4-2-1-3-5-15/h1-12H,13H2. The van der Waals surface area contributed by atoms with Gasteiger partial charge in [-0.15, -0.1) is 5.10 Å². The molecule has 0 spiro atoms. The number of pyridine rings is 1. The van der Waals surface area contributed by atoms with Crippen LogP contribution in [0.1, 0.15) is 5.56 Å². The first kappa shape index (κ1) is 16.6. The number of halogens is 1. The molecule has 3 aromatic heterocycles. The number of aromatic nitrogens is 5. The number of benzene rings is 2. The van der Waals surface area contributed by atoms with Crippen LogP contribution in [0.2, 0.25) is 5.02 Å². The second-order valence-electron chi connectivity index (χ2n) is 6.45. The van der Waals surface area contributed by atoms with E-state index in [-0.39, 0.29) is 5.56 Å². The summed E-state index contributed by atoms with van der Waals surface area (Å²) >= 11 is 5.93. The highest BCUT2D eigenvalue weighted by atomic mass is 35.5. The lowest BCUT2D eigenvalue weighted by Gasteiger charge is -2.08. The average molecular weight is 388 g/mol. The van der Waals surface area contributed by atoms with E-state index >= 15 is 0 Å². The van der Waals surface area contributed by atoms with Gasteiger partial charge in [0, 0.05) is 23.0 Å². The predicted octanol–water partition coefficient (Wildman–Crippen LogP) is 3.81. The molecule has 0 amide bonds. The Morgan fingerprint density at radius 1 is 0.964 bits per heavy atom. The minimum Gasteiger partial charge on any atom is -0.310 e. The van der Waals surface area contributed by atoms with Crippen LogP contribution in [0.4, 0.5) is 0 Å². The summed E-state index contributed by atoms with van der Waals surface area (Å²) in [6.45, 7) is 0.455. The number of nitrogens with zero attached hydrogens (tertiary/aromatic N) is 5. The molecular weight excluding hydrogens is 374 g/mol. The molecule has 0 atom stereocenters. The third kappa shape index (κ3) is 2.84. The Morgan fingerprint density at radius 3 is 2.54 bits per heavy atom.